The number of nitrogens with zero attached hydrogens (tertiary/aromatic N) is 6. The second-order valence-corrected chi connectivity index (χ2v) is 10.6. The molecule has 198 valence electrons. The lowest BCUT2D eigenvalue weighted by atomic mass is 9.97. The van der Waals surface area contributed by atoms with Crippen LogP contribution in [0.5, 0.6) is 0 Å². The molecule has 1 unspecified atom stereocenters. The molecule has 1 aromatic carbocycles. The molecule has 2 aliphatic heterocycles. The average Bonchev–Trinajstić information content (AvgIpc) is 3.51. The number of anilines is 2. The Balaban J connectivity index is 1.59. The number of nitrogens with two attached hydrogens (primary N) is 1. The summed E-state index contributed by atoms with van der Waals surface area (Å²) in [6.07, 6.45) is 3.84. The number of aryl methyl sites for hydroxylation is 2. The molecule has 0 aliphatic carbocycles. The van der Waals surface area contributed by atoms with Crippen LogP contribution >= 0.6 is 0 Å². The van der Waals surface area contributed by atoms with E-state index in [4.69, 9.17) is 20.6 Å². The highest BCUT2D eigenvalue weighted by Gasteiger charge is 2.26. The molecule has 5 rings (SSSR count). The second-order valence-electron chi connectivity index (χ2n) is 10.6. The highest BCUT2D eigenvalue weighted by molar-refractivity contribution is 5.66. The molecule has 3 aromatic rings. The molecule has 0 radical (unpaired) electrons. The third kappa shape index (κ3) is 5.18. The highest BCUT2D eigenvalue weighted by atomic mass is 16.5. The van der Waals surface area contributed by atoms with E-state index in [1.54, 1.807) is 0 Å². The van der Waals surface area contributed by atoms with Crippen molar-refractivity contribution in [2.24, 2.45) is 5.73 Å². The van der Waals surface area contributed by atoms with E-state index in [0.717, 1.165) is 80.6 Å². The van der Waals surface area contributed by atoms with Gasteiger partial charge in [0.1, 0.15) is 11.6 Å². The van der Waals surface area contributed by atoms with Crippen LogP contribution in [0.15, 0.2) is 36.9 Å². The van der Waals surface area contributed by atoms with Crippen LogP contribution in [0, 0.1) is 6.92 Å². The van der Waals surface area contributed by atoms with Crippen molar-refractivity contribution in [3.8, 4) is 0 Å². The molecular weight excluding hydrogens is 462 g/mol. The van der Waals surface area contributed by atoms with Crippen LogP contribution in [0.25, 0.3) is 11.3 Å². The van der Waals surface area contributed by atoms with Crippen LogP contribution in [-0.4, -0.2) is 72.5 Å². The largest absolute Gasteiger partial charge is 0.380 e. The van der Waals surface area contributed by atoms with Gasteiger partial charge in [0, 0.05) is 69.8 Å². The molecule has 2 aliphatic rings. The molecule has 8 heteroatoms. The predicted molar refractivity (Wildman–Crippen MR) is 151 cm³/mol. The number of hydrogen-bond acceptors (Lipinski definition) is 7. The summed E-state index contributed by atoms with van der Waals surface area (Å²) < 4.78 is 8.04. The van der Waals surface area contributed by atoms with Crippen molar-refractivity contribution in [3.05, 3.63) is 59.3 Å². The summed E-state index contributed by atoms with van der Waals surface area (Å²) in [5, 5.41) is 5.11. The minimum absolute atomic E-state index is 0.0839. The summed E-state index contributed by atoms with van der Waals surface area (Å²) in [5.41, 5.74) is 12.9. The number of benzene rings is 1. The van der Waals surface area contributed by atoms with Crippen LogP contribution < -0.4 is 15.5 Å². The maximum absolute atomic E-state index is 6.22. The lowest BCUT2D eigenvalue weighted by molar-refractivity contribution is 0.138. The van der Waals surface area contributed by atoms with E-state index in [1.165, 1.54) is 16.7 Å². The Bertz CT molecular complexity index is 1270. The van der Waals surface area contributed by atoms with Gasteiger partial charge in [-0.15, -0.1) is 0 Å². The number of hydrogen-bond donors (Lipinski definition) is 1. The molecule has 1 saturated heterocycles. The molecule has 2 aromatic heterocycles. The molecule has 0 amide bonds. The van der Waals surface area contributed by atoms with Crippen molar-refractivity contribution in [2.45, 2.75) is 51.6 Å². The third-order valence-corrected chi connectivity index (χ3v) is 7.86. The number of aromatic nitrogens is 3. The number of ether oxygens (including phenoxy) is 1. The van der Waals surface area contributed by atoms with Gasteiger partial charge in [-0.2, -0.15) is 9.61 Å². The van der Waals surface area contributed by atoms with Gasteiger partial charge in [0.15, 0.2) is 5.65 Å². The molecule has 4 heterocycles. The first-order valence-corrected chi connectivity index (χ1v) is 13.6. The van der Waals surface area contributed by atoms with Gasteiger partial charge in [-0.1, -0.05) is 31.2 Å². The smallest absolute Gasteiger partial charge is 0.160 e. The summed E-state index contributed by atoms with van der Waals surface area (Å²) in [7, 11) is 4.24. The maximum Gasteiger partial charge on any atom is 0.160 e. The van der Waals surface area contributed by atoms with Crippen molar-refractivity contribution in [1.82, 2.24) is 19.5 Å². The summed E-state index contributed by atoms with van der Waals surface area (Å²) in [6, 6.07) is 11.3. The first-order valence-electron chi connectivity index (χ1n) is 13.6. The van der Waals surface area contributed by atoms with Crippen LogP contribution in [0.3, 0.4) is 0 Å². The minimum atomic E-state index is 0.0839. The van der Waals surface area contributed by atoms with Crippen LogP contribution in [0.1, 0.15) is 54.6 Å². The van der Waals surface area contributed by atoms with Gasteiger partial charge < -0.3 is 25.2 Å². The number of rotatable bonds is 2. The van der Waals surface area contributed by atoms with E-state index in [9.17, 15) is 0 Å². The lowest BCUT2D eigenvalue weighted by Crippen LogP contribution is -2.29. The maximum atomic E-state index is 6.22. The van der Waals surface area contributed by atoms with E-state index in [2.05, 4.69) is 79.6 Å². The molecule has 1 fully saturated rings. The Morgan fingerprint density at radius 3 is 2.73 bits per heavy atom. The molecule has 0 spiro atoms. The van der Waals surface area contributed by atoms with Crippen molar-refractivity contribution in [1.29, 1.82) is 0 Å². The SMILES string of the molecule is C=C1c2cc(C)ccc2CCCOCCN(C)c2cc(N3CC[C@H](N)C3)nc3cc(nn23)C(CC)N1C. The van der Waals surface area contributed by atoms with Gasteiger partial charge >= 0.3 is 0 Å². The van der Waals surface area contributed by atoms with E-state index >= 15 is 0 Å². The molecule has 8 nitrogen and oxygen atoms in total. The zero-order valence-corrected chi connectivity index (χ0v) is 22.8. The summed E-state index contributed by atoms with van der Waals surface area (Å²) in [6.45, 7) is 12.8. The lowest BCUT2D eigenvalue weighted by Gasteiger charge is -2.31. The summed E-state index contributed by atoms with van der Waals surface area (Å²) in [5.74, 6) is 1.97. The van der Waals surface area contributed by atoms with E-state index in [-0.39, 0.29) is 12.1 Å². The monoisotopic (exact) mass is 503 g/mol. The zero-order chi connectivity index (χ0) is 26.1. The first kappa shape index (κ1) is 25.5. The van der Waals surface area contributed by atoms with Gasteiger partial charge in [-0.25, -0.2) is 4.98 Å². The normalized spacial score (nSPS) is 21.8. The Labute approximate surface area is 220 Å². The average molecular weight is 504 g/mol. The molecule has 37 heavy (non-hydrogen) atoms. The number of fused-ring (bicyclic) bond motifs is 2. The van der Waals surface area contributed by atoms with Crippen molar-refractivity contribution < 1.29 is 4.74 Å². The van der Waals surface area contributed by atoms with E-state index < -0.39 is 0 Å². The molecule has 0 saturated carbocycles. The van der Waals surface area contributed by atoms with Crippen LogP contribution in [0.2, 0.25) is 0 Å². The fraction of sp³-hybridized carbons (Fsp3) is 0.517. The van der Waals surface area contributed by atoms with E-state index in [1.807, 2.05) is 4.52 Å². The second kappa shape index (κ2) is 10.7. The Hall–Kier alpha value is -3.10. The van der Waals surface area contributed by atoms with Gasteiger partial charge in [0.05, 0.1) is 18.3 Å². The third-order valence-electron chi connectivity index (χ3n) is 7.86. The number of likely N-dealkylation sites (N-methyl/N-ethyl adjacent to an activating group) is 1. The van der Waals surface area contributed by atoms with Crippen LogP contribution in [-0.2, 0) is 11.2 Å². The first-order chi connectivity index (χ1) is 17.9. The molecule has 2 bridgehead atoms. The van der Waals surface area contributed by atoms with Crippen molar-refractivity contribution in [3.63, 3.8) is 0 Å². The highest BCUT2D eigenvalue weighted by Crippen LogP contribution is 2.33. The summed E-state index contributed by atoms with van der Waals surface area (Å²) >= 11 is 0. The Kier molecular flexibility index (Phi) is 7.40. The standard InChI is InChI=1S/C29H41N7O/c1-6-26-25-17-28-31-27(35-12-11-23(30)19-35)18-29(36(28)32-25)33(4)13-15-37-14-7-8-22-10-9-20(2)16-24(22)21(3)34(26)5/h9-10,16-18,23,26H,3,6-8,11-15,19,30H2,1-2,4-5H3/t23-,26?/m0/s1. The molecular formula is C29H41N7O. The topological polar surface area (TPSA) is 75.2 Å². The summed E-state index contributed by atoms with van der Waals surface area (Å²) in [4.78, 5) is 11.8. The van der Waals surface area contributed by atoms with Crippen LogP contribution in [0.4, 0.5) is 11.6 Å². The fourth-order valence-electron chi connectivity index (χ4n) is 5.57. The Morgan fingerprint density at radius 2 is 1.97 bits per heavy atom. The minimum Gasteiger partial charge on any atom is -0.380 e. The fourth-order valence-corrected chi connectivity index (χ4v) is 5.57. The zero-order valence-electron chi connectivity index (χ0n) is 22.8. The predicted octanol–water partition coefficient (Wildman–Crippen LogP) is 4.03. The van der Waals surface area contributed by atoms with Crippen molar-refractivity contribution >= 4 is 23.0 Å². The van der Waals surface area contributed by atoms with Gasteiger partial charge in [-0.3, -0.25) is 0 Å². The van der Waals surface area contributed by atoms with Gasteiger partial charge in [-0.05, 0) is 44.2 Å². The van der Waals surface area contributed by atoms with E-state index in [0.29, 0.717) is 6.61 Å². The quantitative estimate of drug-likeness (QED) is 0.566. The molecule has 2 N–H and O–H groups in total. The Morgan fingerprint density at radius 1 is 1.14 bits per heavy atom. The van der Waals surface area contributed by atoms with Gasteiger partial charge in [0.2, 0.25) is 0 Å². The van der Waals surface area contributed by atoms with Crippen molar-refractivity contribution in [2.75, 3.05) is 56.7 Å². The van der Waals surface area contributed by atoms with Gasteiger partial charge in [0.25, 0.3) is 0 Å². The molecule has 2 atom stereocenters.